The predicted molar refractivity (Wildman–Crippen MR) is 73.7 cm³/mol. The van der Waals surface area contributed by atoms with E-state index >= 15 is 0 Å². The lowest BCUT2D eigenvalue weighted by Gasteiger charge is -2.43. The monoisotopic (exact) mass is 284 g/mol. The molecule has 1 aliphatic heterocycles. The van der Waals surface area contributed by atoms with Crippen LogP contribution in [0.15, 0.2) is 0 Å². The van der Waals surface area contributed by atoms with E-state index in [9.17, 15) is 14.4 Å². The van der Waals surface area contributed by atoms with E-state index in [1.54, 1.807) is 11.8 Å². The maximum absolute atomic E-state index is 12.7. The number of carbonyl (C=O) groups excluding carboxylic acids is 3. The Labute approximate surface area is 117 Å². The van der Waals surface area contributed by atoms with Gasteiger partial charge in [0.05, 0.1) is 0 Å². The minimum Gasteiger partial charge on any atom is -0.277 e. The van der Waals surface area contributed by atoms with Crippen LogP contribution in [0.25, 0.3) is 0 Å². The summed E-state index contributed by atoms with van der Waals surface area (Å²) in [6.45, 7) is 1.85. The number of imide groups is 2. The van der Waals surface area contributed by atoms with Gasteiger partial charge in [0.25, 0.3) is 0 Å². The molecular weight excluding hydrogens is 264 g/mol. The number of amides is 4. The predicted octanol–water partition coefficient (Wildman–Crippen LogP) is 1.77. The van der Waals surface area contributed by atoms with Gasteiger partial charge in [-0.05, 0) is 26.0 Å². The van der Waals surface area contributed by atoms with Gasteiger partial charge in [0, 0.05) is 11.8 Å². The molecule has 0 bridgehead atoms. The summed E-state index contributed by atoms with van der Waals surface area (Å²) >= 11 is 1.58. The van der Waals surface area contributed by atoms with Gasteiger partial charge in [-0.25, -0.2) is 4.79 Å². The molecule has 1 saturated carbocycles. The van der Waals surface area contributed by atoms with Gasteiger partial charge in [-0.2, -0.15) is 11.8 Å². The average Bonchev–Trinajstić information content (AvgIpc) is 2.38. The number of nitrogens with zero attached hydrogens (tertiary/aromatic N) is 1. The average molecular weight is 284 g/mol. The van der Waals surface area contributed by atoms with Crippen molar-refractivity contribution in [2.45, 2.75) is 45.1 Å². The van der Waals surface area contributed by atoms with Crippen molar-refractivity contribution in [2.24, 2.45) is 5.41 Å². The molecule has 1 unspecified atom stereocenters. The normalized spacial score (nSPS) is 24.5. The number of thioether (sulfide) groups is 1. The molecule has 5 nitrogen and oxygen atoms in total. The third-order valence-corrected chi connectivity index (χ3v) is 4.87. The fourth-order valence-electron chi connectivity index (χ4n) is 3.01. The summed E-state index contributed by atoms with van der Waals surface area (Å²) < 4.78 is 0. The van der Waals surface area contributed by atoms with Gasteiger partial charge in [0.15, 0.2) is 0 Å². The largest absolute Gasteiger partial charge is 0.331 e. The number of urea groups is 1. The zero-order chi connectivity index (χ0) is 14.0. The third-order valence-electron chi connectivity index (χ3n) is 4.06. The van der Waals surface area contributed by atoms with E-state index in [1.807, 2.05) is 13.2 Å². The van der Waals surface area contributed by atoms with Crippen molar-refractivity contribution in [2.75, 3.05) is 12.0 Å². The fourth-order valence-corrected chi connectivity index (χ4v) is 3.64. The summed E-state index contributed by atoms with van der Waals surface area (Å²) in [4.78, 5) is 38.0. The molecule has 1 aliphatic carbocycles. The lowest BCUT2D eigenvalue weighted by molar-refractivity contribution is -0.154. The lowest BCUT2D eigenvalue weighted by atomic mass is 9.71. The van der Waals surface area contributed by atoms with Crippen LogP contribution in [0.4, 0.5) is 4.79 Å². The van der Waals surface area contributed by atoms with Gasteiger partial charge in [0.1, 0.15) is 5.41 Å². The number of barbiturate groups is 1. The maximum Gasteiger partial charge on any atom is 0.331 e. The molecule has 0 aromatic carbocycles. The molecule has 106 valence electrons. The number of hydrogen-bond acceptors (Lipinski definition) is 4. The minimum atomic E-state index is -0.987. The van der Waals surface area contributed by atoms with E-state index in [0.29, 0.717) is 18.6 Å². The molecule has 1 atom stereocenters. The molecule has 0 aromatic rings. The quantitative estimate of drug-likeness (QED) is 0.802. The topological polar surface area (TPSA) is 66.5 Å². The van der Waals surface area contributed by atoms with Gasteiger partial charge < -0.3 is 0 Å². The van der Waals surface area contributed by atoms with E-state index in [2.05, 4.69) is 5.32 Å². The first kappa shape index (κ1) is 14.4. The molecule has 1 spiro atoms. The molecular formula is C13H20N2O3S. The summed E-state index contributed by atoms with van der Waals surface area (Å²) in [6, 6.07) is -0.748. The highest BCUT2D eigenvalue weighted by atomic mass is 32.2. The summed E-state index contributed by atoms with van der Waals surface area (Å²) in [6.07, 6.45) is 5.86. The highest BCUT2D eigenvalue weighted by molar-refractivity contribution is 7.98. The van der Waals surface area contributed by atoms with Crippen molar-refractivity contribution in [3.05, 3.63) is 0 Å². The SMILES string of the molecule is CSCC(C)N1C(=O)NC(=O)C2(CCCCC2)C1=O. The smallest absolute Gasteiger partial charge is 0.277 e. The second kappa shape index (κ2) is 5.53. The zero-order valence-corrected chi connectivity index (χ0v) is 12.2. The maximum atomic E-state index is 12.7. The molecule has 2 aliphatic rings. The van der Waals surface area contributed by atoms with Crippen LogP contribution in [0, 0.1) is 5.41 Å². The molecule has 19 heavy (non-hydrogen) atoms. The van der Waals surface area contributed by atoms with Crippen LogP contribution in [-0.4, -0.2) is 40.8 Å². The Morgan fingerprint density at radius 3 is 2.47 bits per heavy atom. The first-order valence-electron chi connectivity index (χ1n) is 6.71. The molecule has 1 N–H and O–H groups in total. The molecule has 0 aromatic heterocycles. The molecule has 1 heterocycles. The summed E-state index contributed by atoms with van der Waals surface area (Å²) in [7, 11) is 0. The Balaban J connectivity index is 2.28. The van der Waals surface area contributed by atoms with Crippen LogP contribution < -0.4 is 5.32 Å². The van der Waals surface area contributed by atoms with Crippen molar-refractivity contribution in [3.8, 4) is 0 Å². The van der Waals surface area contributed by atoms with Crippen molar-refractivity contribution in [3.63, 3.8) is 0 Å². The van der Waals surface area contributed by atoms with Crippen LogP contribution in [0.3, 0.4) is 0 Å². The van der Waals surface area contributed by atoms with Crippen molar-refractivity contribution in [1.82, 2.24) is 10.2 Å². The Kier molecular flexibility index (Phi) is 4.18. The van der Waals surface area contributed by atoms with Crippen LogP contribution >= 0.6 is 11.8 Å². The number of hydrogen-bond donors (Lipinski definition) is 1. The highest BCUT2D eigenvalue weighted by Gasteiger charge is 2.54. The number of carbonyl (C=O) groups is 3. The van der Waals surface area contributed by atoms with E-state index in [0.717, 1.165) is 19.3 Å². The Morgan fingerprint density at radius 2 is 1.89 bits per heavy atom. The van der Waals surface area contributed by atoms with Gasteiger partial charge >= 0.3 is 6.03 Å². The number of nitrogens with one attached hydrogen (secondary N) is 1. The second-order valence-corrected chi connectivity index (χ2v) is 6.29. The van der Waals surface area contributed by atoms with E-state index in [-0.39, 0.29) is 11.9 Å². The highest BCUT2D eigenvalue weighted by Crippen LogP contribution is 2.40. The molecule has 6 heteroatoms. The first-order chi connectivity index (χ1) is 9.03. The first-order valence-corrected chi connectivity index (χ1v) is 8.10. The van der Waals surface area contributed by atoms with E-state index < -0.39 is 17.4 Å². The van der Waals surface area contributed by atoms with Crippen molar-refractivity contribution >= 4 is 29.6 Å². The van der Waals surface area contributed by atoms with Crippen molar-refractivity contribution < 1.29 is 14.4 Å². The third kappa shape index (κ3) is 2.38. The summed E-state index contributed by atoms with van der Waals surface area (Å²) in [5, 5.41) is 2.38. The van der Waals surface area contributed by atoms with Crippen LogP contribution in [-0.2, 0) is 9.59 Å². The van der Waals surface area contributed by atoms with Crippen LogP contribution in [0.2, 0.25) is 0 Å². The van der Waals surface area contributed by atoms with Crippen LogP contribution in [0.5, 0.6) is 0 Å². The minimum absolute atomic E-state index is 0.186. The second-order valence-electron chi connectivity index (χ2n) is 5.38. The lowest BCUT2D eigenvalue weighted by Crippen LogP contribution is -2.66. The van der Waals surface area contributed by atoms with Crippen LogP contribution in [0.1, 0.15) is 39.0 Å². The van der Waals surface area contributed by atoms with E-state index in [4.69, 9.17) is 0 Å². The number of rotatable bonds is 3. The van der Waals surface area contributed by atoms with Gasteiger partial charge in [-0.15, -0.1) is 0 Å². The van der Waals surface area contributed by atoms with Crippen molar-refractivity contribution in [1.29, 1.82) is 0 Å². The molecule has 2 fully saturated rings. The Bertz CT molecular complexity index is 405. The zero-order valence-electron chi connectivity index (χ0n) is 11.4. The molecule has 2 rings (SSSR count). The molecule has 1 saturated heterocycles. The Hall–Kier alpha value is -1.04. The van der Waals surface area contributed by atoms with Gasteiger partial charge in [-0.1, -0.05) is 19.3 Å². The fraction of sp³-hybridized carbons (Fsp3) is 0.769. The standard InChI is InChI=1S/C13H20N2O3S/c1-9(8-19-2)15-11(17)13(6-4-3-5-7-13)10(16)14-12(15)18/h9H,3-8H2,1-2H3,(H,14,16,18). The molecule has 4 amide bonds. The Morgan fingerprint density at radius 1 is 1.26 bits per heavy atom. The van der Waals surface area contributed by atoms with E-state index in [1.165, 1.54) is 4.90 Å². The summed E-state index contributed by atoms with van der Waals surface area (Å²) in [5.41, 5.74) is -0.987. The molecule has 0 radical (unpaired) electrons. The summed E-state index contributed by atoms with van der Waals surface area (Å²) in [5.74, 6) is 0.000905. The van der Waals surface area contributed by atoms with Gasteiger partial charge in [-0.3, -0.25) is 19.8 Å². The van der Waals surface area contributed by atoms with Gasteiger partial charge in [0.2, 0.25) is 11.8 Å².